The molecule has 1 aromatic rings. The first-order chi connectivity index (χ1) is 18.0. The summed E-state index contributed by atoms with van der Waals surface area (Å²) in [5, 5.41) is 20.1. The molecule has 0 heterocycles. The number of benzene rings is 1. The van der Waals surface area contributed by atoms with Crippen LogP contribution in [-0.4, -0.2) is 28.8 Å². The second-order valence-electron chi connectivity index (χ2n) is 10.2. The highest BCUT2D eigenvalue weighted by atomic mass is 16.5. The number of hydrogen-bond acceptors (Lipinski definition) is 6. The Morgan fingerprint density at radius 2 is 1.11 bits per heavy atom. The van der Waals surface area contributed by atoms with E-state index in [-0.39, 0.29) is 17.7 Å². The Hall–Kier alpha value is -2.24. The van der Waals surface area contributed by atoms with Crippen LogP contribution in [0, 0.1) is 0 Å². The zero-order valence-electron chi connectivity index (χ0n) is 23.5. The van der Waals surface area contributed by atoms with Crippen molar-refractivity contribution in [2.45, 2.75) is 142 Å². The van der Waals surface area contributed by atoms with E-state index in [0.29, 0.717) is 13.0 Å². The second kappa shape index (κ2) is 21.8. The van der Waals surface area contributed by atoms with Crippen molar-refractivity contribution in [3.05, 3.63) is 17.7 Å². The minimum absolute atomic E-state index is 0.0493. The van der Waals surface area contributed by atoms with Gasteiger partial charge in [0.1, 0.15) is 0 Å². The van der Waals surface area contributed by atoms with Gasteiger partial charge in [-0.25, -0.2) is 4.79 Å². The number of phenols is 2. The van der Waals surface area contributed by atoms with Gasteiger partial charge in [0.05, 0.1) is 12.2 Å². The van der Waals surface area contributed by atoms with Crippen molar-refractivity contribution in [3.8, 4) is 17.2 Å². The molecule has 37 heavy (non-hydrogen) atoms. The van der Waals surface area contributed by atoms with Crippen LogP contribution in [0.5, 0.6) is 17.2 Å². The smallest absolute Gasteiger partial charge is 0.338 e. The maximum absolute atomic E-state index is 12.4. The number of aromatic hydroxyl groups is 2. The summed E-state index contributed by atoms with van der Waals surface area (Å²) in [6, 6.07) is 2.39. The van der Waals surface area contributed by atoms with E-state index in [1.165, 1.54) is 89.5 Å². The molecule has 1 aromatic carbocycles. The molecule has 0 fully saturated rings. The largest absolute Gasteiger partial charge is 0.504 e. The number of phenolic OH excluding ortho intramolecular Hbond substituents is 2. The van der Waals surface area contributed by atoms with Crippen LogP contribution in [0.3, 0.4) is 0 Å². The van der Waals surface area contributed by atoms with Crippen LogP contribution in [0.1, 0.15) is 153 Å². The SMILES string of the molecule is CCCCCCCCCCCCOC(=O)c1cc(O)c(O)c(OC(=O)CCCCCCCCCCC)c1. The number of carbonyl (C=O) groups excluding carboxylic acids is 2. The quantitative estimate of drug-likeness (QED) is 0.0647. The van der Waals surface area contributed by atoms with Crippen molar-refractivity contribution in [2.24, 2.45) is 0 Å². The van der Waals surface area contributed by atoms with E-state index in [9.17, 15) is 19.8 Å². The average Bonchev–Trinajstić information content (AvgIpc) is 2.88. The van der Waals surface area contributed by atoms with Gasteiger partial charge >= 0.3 is 11.9 Å². The Balaban J connectivity index is 2.28. The molecule has 0 atom stereocenters. The predicted octanol–water partition coefficient (Wildman–Crippen LogP) is 9.00. The minimum Gasteiger partial charge on any atom is -0.504 e. The summed E-state index contributed by atoms with van der Waals surface area (Å²) in [5.74, 6) is -2.38. The van der Waals surface area contributed by atoms with Gasteiger partial charge in [-0.2, -0.15) is 0 Å². The van der Waals surface area contributed by atoms with E-state index in [1.807, 2.05) is 0 Å². The monoisotopic (exact) mass is 520 g/mol. The Bertz CT molecular complexity index is 745. The zero-order valence-corrected chi connectivity index (χ0v) is 23.5. The van der Waals surface area contributed by atoms with E-state index in [4.69, 9.17) is 9.47 Å². The molecule has 0 saturated carbocycles. The van der Waals surface area contributed by atoms with Crippen LogP contribution in [0.25, 0.3) is 0 Å². The van der Waals surface area contributed by atoms with Crippen LogP contribution >= 0.6 is 0 Å². The lowest BCUT2D eigenvalue weighted by Crippen LogP contribution is -2.10. The first-order valence-corrected chi connectivity index (χ1v) is 14.9. The van der Waals surface area contributed by atoms with Crippen molar-refractivity contribution in [3.63, 3.8) is 0 Å². The summed E-state index contributed by atoms with van der Waals surface area (Å²) >= 11 is 0. The third-order valence-corrected chi connectivity index (χ3v) is 6.73. The van der Waals surface area contributed by atoms with Gasteiger partial charge in [-0.1, -0.05) is 123 Å². The van der Waals surface area contributed by atoms with Gasteiger partial charge in [0.25, 0.3) is 0 Å². The van der Waals surface area contributed by atoms with Crippen molar-refractivity contribution in [1.82, 2.24) is 0 Å². The molecule has 0 aromatic heterocycles. The van der Waals surface area contributed by atoms with E-state index in [1.54, 1.807) is 0 Å². The van der Waals surface area contributed by atoms with Crippen LogP contribution in [-0.2, 0) is 9.53 Å². The molecule has 0 aliphatic rings. The fourth-order valence-corrected chi connectivity index (χ4v) is 4.38. The van der Waals surface area contributed by atoms with Gasteiger partial charge in [0.2, 0.25) is 5.75 Å². The third kappa shape index (κ3) is 16.3. The molecule has 6 heteroatoms. The van der Waals surface area contributed by atoms with Crippen LogP contribution in [0.4, 0.5) is 0 Å². The number of rotatable bonds is 23. The highest BCUT2D eigenvalue weighted by Gasteiger charge is 2.18. The molecular weight excluding hydrogens is 468 g/mol. The van der Waals surface area contributed by atoms with Crippen molar-refractivity contribution >= 4 is 11.9 Å². The van der Waals surface area contributed by atoms with Crippen molar-refractivity contribution < 1.29 is 29.3 Å². The molecule has 0 unspecified atom stereocenters. The molecule has 0 bridgehead atoms. The second-order valence-corrected chi connectivity index (χ2v) is 10.2. The summed E-state index contributed by atoms with van der Waals surface area (Å²) in [4.78, 5) is 24.6. The minimum atomic E-state index is -0.609. The Morgan fingerprint density at radius 3 is 1.62 bits per heavy atom. The van der Waals surface area contributed by atoms with Crippen LogP contribution in [0.15, 0.2) is 12.1 Å². The fraction of sp³-hybridized carbons (Fsp3) is 0.742. The molecule has 6 nitrogen and oxygen atoms in total. The molecule has 0 amide bonds. The standard InChI is InChI=1S/C31H52O6/c1-3-5-7-9-11-13-15-17-19-21-23-36-31(35)26-24-27(32)30(34)28(25-26)37-29(33)22-20-18-16-14-12-10-8-6-4-2/h24-25,32,34H,3-23H2,1-2H3. The molecule has 0 spiro atoms. The van der Waals surface area contributed by atoms with Gasteiger partial charge in [-0.15, -0.1) is 0 Å². The third-order valence-electron chi connectivity index (χ3n) is 6.73. The fourth-order valence-electron chi connectivity index (χ4n) is 4.38. The summed E-state index contributed by atoms with van der Waals surface area (Å²) < 4.78 is 10.6. The number of esters is 2. The summed E-state index contributed by atoms with van der Waals surface area (Å²) in [5.41, 5.74) is 0.0493. The molecule has 0 saturated heterocycles. The number of hydrogen-bond donors (Lipinski definition) is 2. The first-order valence-electron chi connectivity index (χ1n) is 14.9. The lowest BCUT2D eigenvalue weighted by Gasteiger charge is -2.11. The van der Waals surface area contributed by atoms with Crippen molar-refractivity contribution in [1.29, 1.82) is 0 Å². The van der Waals surface area contributed by atoms with Crippen molar-refractivity contribution in [2.75, 3.05) is 6.61 Å². The van der Waals surface area contributed by atoms with E-state index in [2.05, 4.69) is 13.8 Å². The maximum atomic E-state index is 12.4. The van der Waals surface area contributed by atoms with E-state index in [0.717, 1.165) is 38.2 Å². The summed E-state index contributed by atoms with van der Waals surface area (Å²) in [7, 11) is 0. The molecule has 212 valence electrons. The highest BCUT2D eigenvalue weighted by molar-refractivity contribution is 5.91. The van der Waals surface area contributed by atoms with Gasteiger partial charge in [0.15, 0.2) is 11.5 Å². The first kappa shape index (κ1) is 32.8. The molecule has 2 N–H and O–H groups in total. The maximum Gasteiger partial charge on any atom is 0.338 e. The summed E-state index contributed by atoms with van der Waals surface area (Å²) in [6.07, 6.45) is 22.4. The molecule has 1 rings (SSSR count). The van der Waals surface area contributed by atoms with Crippen LogP contribution < -0.4 is 4.74 Å². The molecular formula is C31H52O6. The molecule has 0 radical (unpaired) electrons. The number of unbranched alkanes of at least 4 members (excludes halogenated alkanes) is 17. The lowest BCUT2D eigenvalue weighted by atomic mass is 10.1. The van der Waals surface area contributed by atoms with Crippen LogP contribution in [0.2, 0.25) is 0 Å². The average molecular weight is 521 g/mol. The highest BCUT2D eigenvalue weighted by Crippen LogP contribution is 2.37. The van der Waals surface area contributed by atoms with Gasteiger partial charge in [-0.05, 0) is 25.0 Å². The van der Waals surface area contributed by atoms with E-state index >= 15 is 0 Å². The number of ether oxygens (including phenoxy) is 2. The normalized spacial score (nSPS) is 11.0. The van der Waals surface area contributed by atoms with Gasteiger partial charge in [0, 0.05) is 6.42 Å². The van der Waals surface area contributed by atoms with Gasteiger partial charge in [-0.3, -0.25) is 4.79 Å². The Morgan fingerprint density at radius 1 is 0.649 bits per heavy atom. The molecule has 0 aliphatic heterocycles. The lowest BCUT2D eigenvalue weighted by molar-refractivity contribution is -0.134. The predicted molar refractivity (Wildman–Crippen MR) is 149 cm³/mol. The number of carbonyl (C=O) groups is 2. The Labute approximate surface area is 225 Å². The van der Waals surface area contributed by atoms with E-state index < -0.39 is 23.4 Å². The topological polar surface area (TPSA) is 93.1 Å². The summed E-state index contributed by atoms with van der Waals surface area (Å²) in [6.45, 7) is 4.73. The van der Waals surface area contributed by atoms with Gasteiger partial charge < -0.3 is 19.7 Å². The molecule has 0 aliphatic carbocycles. The zero-order chi connectivity index (χ0) is 27.1. The Kier molecular flexibility index (Phi) is 19.3.